The number of hydrogen-bond acceptors (Lipinski definition) is 4. The summed E-state index contributed by atoms with van der Waals surface area (Å²) >= 11 is 0. The summed E-state index contributed by atoms with van der Waals surface area (Å²) < 4.78 is 1.84. The summed E-state index contributed by atoms with van der Waals surface area (Å²) in [5, 5.41) is 7.40. The van der Waals surface area contributed by atoms with E-state index in [2.05, 4.69) is 15.3 Å². The van der Waals surface area contributed by atoms with Crippen molar-refractivity contribution in [1.82, 2.24) is 24.9 Å². The third-order valence-corrected chi connectivity index (χ3v) is 5.32. The molecule has 2 heterocycles. The molecule has 2 aliphatic rings. The predicted molar refractivity (Wildman–Crippen MR) is 106 cm³/mol. The van der Waals surface area contributed by atoms with E-state index >= 15 is 0 Å². The van der Waals surface area contributed by atoms with Crippen LogP contribution < -0.4 is 5.32 Å². The molecule has 4 rings (SSSR count). The van der Waals surface area contributed by atoms with E-state index in [1.807, 2.05) is 52.3 Å². The second-order valence-electron chi connectivity index (χ2n) is 7.63. The largest absolute Gasteiger partial charge is 0.352 e. The smallest absolute Gasteiger partial charge is 0.234 e. The first-order valence-corrected chi connectivity index (χ1v) is 10.1. The summed E-state index contributed by atoms with van der Waals surface area (Å²) in [5.74, 6) is 0.284. The summed E-state index contributed by atoms with van der Waals surface area (Å²) in [6.07, 6.45) is 7.21. The minimum atomic E-state index is 0.109. The highest BCUT2D eigenvalue weighted by atomic mass is 16.2. The van der Waals surface area contributed by atoms with E-state index in [0.29, 0.717) is 38.5 Å². The Morgan fingerprint density at radius 1 is 1.07 bits per heavy atom. The molecule has 148 valence electrons. The van der Waals surface area contributed by atoms with Gasteiger partial charge in [-0.15, -0.1) is 0 Å². The van der Waals surface area contributed by atoms with Gasteiger partial charge < -0.3 is 10.2 Å². The highest BCUT2D eigenvalue weighted by molar-refractivity contribution is 5.79. The maximum absolute atomic E-state index is 12.5. The maximum atomic E-state index is 12.5. The Labute approximate surface area is 165 Å². The van der Waals surface area contributed by atoms with Crippen molar-refractivity contribution in [3.63, 3.8) is 0 Å². The van der Waals surface area contributed by atoms with E-state index in [0.717, 1.165) is 37.2 Å². The molecule has 1 aromatic heterocycles. The lowest BCUT2D eigenvalue weighted by atomic mass is 10.1. The third kappa shape index (κ3) is 4.98. The number of rotatable bonds is 7. The molecular formula is C21H27N5O2. The van der Waals surface area contributed by atoms with Gasteiger partial charge in [0.25, 0.3) is 0 Å². The fourth-order valence-electron chi connectivity index (χ4n) is 3.48. The number of benzene rings is 1. The summed E-state index contributed by atoms with van der Waals surface area (Å²) in [6.45, 7) is 3.35. The van der Waals surface area contributed by atoms with E-state index in [4.69, 9.17) is 0 Å². The first kappa shape index (κ1) is 18.7. The maximum Gasteiger partial charge on any atom is 0.234 e. The van der Waals surface area contributed by atoms with Gasteiger partial charge in [0.15, 0.2) is 0 Å². The summed E-state index contributed by atoms with van der Waals surface area (Å²) in [4.78, 5) is 28.5. The minimum absolute atomic E-state index is 0.109. The zero-order valence-electron chi connectivity index (χ0n) is 16.1. The number of aryl methyl sites for hydroxylation is 1. The summed E-state index contributed by atoms with van der Waals surface area (Å²) in [6, 6.07) is 10.4. The molecule has 2 amide bonds. The van der Waals surface area contributed by atoms with Crippen LogP contribution in [0.5, 0.6) is 0 Å². The zero-order valence-corrected chi connectivity index (χ0v) is 16.1. The number of carbonyl (C=O) groups excluding carboxylic acids is 2. The monoisotopic (exact) mass is 381 g/mol. The van der Waals surface area contributed by atoms with Crippen molar-refractivity contribution >= 4 is 11.8 Å². The molecule has 1 aliphatic carbocycles. The Bertz CT molecular complexity index is 807. The third-order valence-electron chi connectivity index (χ3n) is 5.32. The highest BCUT2D eigenvalue weighted by Crippen LogP contribution is 2.18. The zero-order chi connectivity index (χ0) is 19.3. The lowest BCUT2D eigenvalue weighted by Gasteiger charge is -2.34. The molecule has 0 bridgehead atoms. The number of amides is 2. The van der Waals surface area contributed by atoms with Crippen molar-refractivity contribution in [2.24, 2.45) is 0 Å². The second kappa shape index (κ2) is 8.56. The van der Waals surface area contributed by atoms with Gasteiger partial charge in [0.1, 0.15) is 0 Å². The molecule has 7 heteroatoms. The lowest BCUT2D eigenvalue weighted by molar-refractivity contribution is -0.133. The van der Waals surface area contributed by atoms with Crippen molar-refractivity contribution in [1.29, 1.82) is 0 Å². The molecule has 2 aromatic rings. The van der Waals surface area contributed by atoms with E-state index in [1.54, 1.807) is 0 Å². The van der Waals surface area contributed by atoms with Crippen LogP contribution in [0, 0.1) is 0 Å². The molecule has 1 saturated carbocycles. The number of para-hydroxylation sites is 1. The van der Waals surface area contributed by atoms with Crippen molar-refractivity contribution < 1.29 is 9.59 Å². The molecule has 0 spiro atoms. The number of nitrogens with zero attached hydrogens (tertiary/aromatic N) is 4. The molecule has 0 radical (unpaired) electrons. The topological polar surface area (TPSA) is 70.5 Å². The normalized spacial score (nSPS) is 17.5. The number of nitrogens with one attached hydrogen (secondary N) is 1. The van der Waals surface area contributed by atoms with Crippen LogP contribution in [0.4, 0.5) is 0 Å². The molecule has 0 unspecified atom stereocenters. The van der Waals surface area contributed by atoms with Gasteiger partial charge in [0.05, 0.1) is 18.4 Å². The predicted octanol–water partition coefficient (Wildman–Crippen LogP) is 1.23. The van der Waals surface area contributed by atoms with Gasteiger partial charge in [-0.25, -0.2) is 4.68 Å². The van der Waals surface area contributed by atoms with E-state index in [-0.39, 0.29) is 11.8 Å². The summed E-state index contributed by atoms with van der Waals surface area (Å²) in [7, 11) is 0. The van der Waals surface area contributed by atoms with Crippen molar-refractivity contribution in [2.45, 2.75) is 31.7 Å². The van der Waals surface area contributed by atoms with Gasteiger partial charge in [-0.3, -0.25) is 14.5 Å². The quantitative estimate of drug-likeness (QED) is 0.783. The minimum Gasteiger partial charge on any atom is -0.352 e. The van der Waals surface area contributed by atoms with E-state index in [1.165, 1.54) is 0 Å². The van der Waals surface area contributed by atoms with Crippen LogP contribution in [-0.4, -0.2) is 70.2 Å². The number of piperazine rings is 1. The standard InChI is InChI=1S/C21H27N5O2/c27-20(23-18-7-8-18)16-24-10-12-25(13-11-24)21(28)9-6-17-14-22-26(15-17)19-4-2-1-3-5-19/h1-5,14-15,18H,6-13,16H2,(H,23,27). The Kier molecular flexibility index (Phi) is 5.71. The van der Waals surface area contributed by atoms with Gasteiger partial charge in [-0.1, -0.05) is 18.2 Å². The molecular weight excluding hydrogens is 354 g/mol. The van der Waals surface area contributed by atoms with Crippen LogP contribution in [0.15, 0.2) is 42.7 Å². The summed E-state index contributed by atoms with van der Waals surface area (Å²) in [5.41, 5.74) is 2.08. The van der Waals surface area contributed by atoms with E-state index < -0.39 is 0 Å². The van der Waals surface area contributed by atoms with Crippen molar-refractivity contribution in [2.75, 3.05) is 32.7 Å². The van der Waals surface area contributed by atoms with Crippen molar-refractivity contribution in [3.05, 3.63) is 48.3 Å². The number of carbonyl (C=O) groups is 2. The Morgan fingerprint density at radius 3 is 2.54 bits per heavy atom. The Hall–Kier alpha value is -2.67. The average molecular weight is 381 g/mol. The molecule has 0 atom stereocenters. The van der Waals surface area contributed by atoms with E-state index in [9.17, 15) is 9.59 Å². The fourth-order valence-corrected chi connectivity index (χ4v) is 3.48. The van der Waals surface area contributed by atoms with Crippen LogP contribution in [0.25, 0.3) is 5.69 Å². The first-order valence-electron chi connectivity index (χ1n) is 10.1. The van der Waals surface area contributed by atoms with Crippen LogP contribution in [-0.2, 0) is 16.0 Å². The molecule has 7 nitrogen and oxygen atoms in total. The molecule has 1 aliphatic heterocycles. The van der Waals surface area contributed by atoms with Crippen molar-refractivity contribution in [3.8, 4) is 5.69 Å². The number of hydrogen-bond donors (Lipinski definition) is 1. The van der Waals surface area contributed by atoms with Gasteiger partial charge in [0, 0.05) is 44.8 Å². The van der Waals surface area contributed by atoms with Gasteiger partial charge >= 0.3 is 0 Å². The van der Waals surface area contributed by atoms with Crippen LogP contribution in [0.3, 0.4) is 0 Å². The first-order chi connectivity index (χ1) is 13.7. The Balaban J connectivity index is 1.19. The number of aromatic nitrogens is 2. The molecule has 1 saturated heterocycles. The average Bonchev–Trinajstić information content (AvgIpc) is 3.40. The fraction of sp³-hybridized carbons (Fsp3) is 0.476. The van der Waals surface area contributed by atoms with Gasteiger partial charge in [-0.05, 0) is 37.0 Å². The highest BCUT2D eigenvalue weighted by Gasteiger charge is 2.26. The molecule has 1 aromatic carbocycles. The SMILES string of the molecule is O=C(CN1CCN(C(=O)CCc2cnn(-c3ccccc3)c2)CC1)NC1CC1. The second-order valence-corrected chi connectivity index (χ2v) is 7.63. The molecule has 1 N–H and O–H groups in total. The Morgan fingerprint density at radius 2 is 1.82 bits per heavy atom. The molecule has 2 fully saturated rings. The van der Waals surface area contributed by atoms with Gasteiger partial charge in [-0.2, -0.15) is 5.10 Å². The van der Waals surface area contributed by atoms with Crippen LogP contribution >= 0.6 is 0 Å². The van der Waals surface area contributed by atoms with Gasteiger partial charge in [0.2, 0.25) is 11.8 Å². The van der Waals surface area contributed by atoms with Crippen LogP contribution in [0.1, 0.15) is 24.8 Å². The lowest BCUT2D eigenvalue weighted by Crippen LogP contribution is -2.51. The van der Waals surface area contributed by atoms with Crippen LogP contribution in [0.2, 0.25) is 0 Å². The molecule has 28 heavy (non-hydrogen) atoms.